The first kappa shape index (κ1) is 29.6. The summed E-state index contributed by atoms with van der Waals surface area (Å²) in [6, 6.07) is 21.5. The first-order chi connectivity index (χ1) is 19.6. The molecule has 1 aliphatic heterocycles. The maximum absolute atomic E-state index is 15.4. The summed E-state index contributed by atoms with van der Waals surface area (Å²) < 4.78 is 32.6. The second-order valence-electron chi connectivity index (χ2n) is 10.9. The molecule has 0 bridgehead atoms. The predicted octanol–water partition coefficient (Wildman–Crippen LogP) is 7.35. The van der Waals surface area contributed by atoms with Crippen LogP contribution in [0.25, 0.3) is 0 Å². The second kappa shape index (κ2) is 11.1. The van der Waals surface area contributed by atoms with E-state index in [1.165, 1.54) is 0 Å². The van der Waals surface area contributed by atoms with Crippen LogP contribution in [0.1, 0.15) is 22.6 Å². The van der Waals surface area contributed by atoms with E-state index >= 15 is 4.79 Å². The van der Waals surface area contributed by atoms with Crippen molar-refractivity contribution in [2.45, 2.75) is 36.8 Å². The summed E-state index contributed by atoms with van der Waals surface area (Å²) >= 11 is 3.15. The maximum Gasteiger partial charge on any atom is 0.201 e. The summed E-state index contributed by atoms with van der Waals surface area (Å²) in [7, 11) is 2.40. The first-order valence-corrected chi connectivity index (χ1v) is 19.2. The average molecular weight is 609 g/mol. The second-order valence-corrected chi connectivity index (χ2v) is 17.3. The average Bonchev–Trinajstić information content (AvgIpc) is 3.36. The number of fused-ring (bicyclic) bond motifs is 3. The van der Waals surface area contributed by atoms with E-state index < -0.39 is 25.4 Å². The van der Waals surface area contributed by atoms with Crippen molar-refractivity contribution in [3.05, 3.63) is 93.2 Å². The summed E-state index contributed by atoms with van der Waals surface area (Å²) in [6.45, 7) is 6.31. The molecule has 0 aromatic heterocycles. The number of carbonyl (C=O) groups is 1. The van der Waals surface area contributed by atoms with Crippen LogP contribution in [0.5, 0.6) is 23.0 Å². The fraction of sp³-hybridized carbons (Fsp3) is 0.344. The Hall–Kier alpha value is -2.85. The van der Waals surface area contributed by atoms with Crippen molar-refractivity contribution in [1.29, 1.82) is 0 Å². The third-order valence-corrected chi connectivity index (χ3v) is 10.7. The smallest absolute Gasteiger partial charge is 0.201 e. The van der Waals surface area contributed by atoms with Crippen molar-refractivity contribution >= 4 is 37.6 Å². The van der Waals surface area contributed by atoms with Crippen LogP contribution in [0.4, 0.5) is 0 Å². The van der Waals surface area contributed by atoms with Crippen LogP contribution >= 0.6 is 23.5 Å². The van der Waals surface area contributed by atoms with Gasteiger partial charge in [0.2, 0.25) is 5.78 Å². The van der Waals surface area contributed by atoms with E-state index in [2.05, 4.69) is 31.8 Å². The normalized spacial score (nSPS) is 23.1. The van der Waals surface area contributed by atoms with Gasteiger partial charge >= 0.3 is 0 Å². The van der Waals surface area contributed by atoms with Gasteiger partial charge in [-0.05, 0) is 49.8 Å². The number of ketones is 1. The van der Waals surface area contributed by atoms with E-state index in [-0.39, 0.29) is 5.78 Å². The minimum absolute atomic E-state index is 0.106. The zero-order valence-electron chi connectivity index (χ0n) is 24.7. The number of rotatable bonds is 9. The molecule has 0 unspecified atom stereocenters. The third-order valence-electron chi connectivity index (χ3n) is 7.60. The van der Waals surface area contributed by atoms with Gasteiger partial charge in [-0.15, -0.1) is 23.5 Å². The van der Waals surface area contributed by atoms with E-state index in [0.717, 1.165) is 15.4 Å². The van der Waals surface area contributed by atoms with Gasteiger partial charge in [-0.2, -0.15) is 0 Å². The Morgan fingerprint density at radius 3 is 2.02 bits per heavy atom. The Morgan fingerprint density at radius 2 is 1.49 bits per heavy atom. The predicted molar refractivity (Wildman–Crippen MR) is 169 cm³/mol. The van der Waals surface area contributed by atoms with Gasteiger partial charge in [-0.3, -0.25) is 4.79 Å². The Bertz CT molecular complexity index is 1480. The summed E-state index contributed by atoms with van der Waals surface area (Å²) in [5, 5.41) is 0. The van der Waals surface area contributed by atoms with Gasteiger partial charge in [-0.1, -0.05) is 42.5 Å². The van der Waals surface area contributed by atoms with Crippen LogP contribution in [0.3, 0.4) is 0 Å². The summed E-state index contributed by atoms with van der Waals surface area (Å²) in [4.78, 5) is 15.4. The Labute approximate surface area is 251 Å². The molecule has 0 radical (unpaired) electrons. The molecule has 216 valence electrons. The molecule has 1 aliphatic carbocycles. The van der Waals surface area contributed by atoms with E-state index in [1.54, 1.807) is 50.9 Å². The number of thioether (sulfide) groups is 2. The lowest BCUT2D eigenvalue weighted by Crippen LogP contribution is -2.56. The van der Waals surface area contributed by atoms with Crippen molar-refractivity contribution in [3.63, 3.8) is 0 Å². The number of methoxy groups -OCH3 is 3. The molecule has 9 heteroatoms. The van der Waals surface area contributed by atoms with Crippen molar-refractivity contribution < 1.29 is 28.2 Å². The van der Waals surface area contributed by atoms with Gasteiger partial charge in [0, 0.05) is 27.5 Å². The van der Waals surface area contributed by atoms with Crippen LogP contribution in [0.2, 0.25) is 19.6 Å². The minimum Gasteiger partial charge on any atom is -0.497 e. The van der Waals surface area contributed by atoms with Gasteiger partial charge < -0.3 is 23.4 Å². The quantitative estimate of drug-likeness (QED) is 0.185. The molecule has 0 spiro atoms. The number of benzene rings is 3. The Morgan fingerprint density at radius 1 is 0.854 bits per heavy atom. The number of ether oxygens (including phenoxy) is 4. The Balaban J connectivity index is 2.01. The lowest BCUT2D eigenvalue weighted by Gasteiger charge is -2.44. The van der Waals surface area contributed by atoms with Crippen LogP contribution in [-0.2, 0) is 20.4 Å². The van der Waals surface area contributed by atoms with E-state index in [0.29, 0.717) is 34.1 Å². The molecule has 0 amide bonds. The fourth-order valence-corrected chi connectivity index (χ4v) is 9.02. The lowest BCUT2D eigenvalue weighted by atomic mass is 9.71. The molecule has 5 rings (SSSR count). The fourth-order valence-electron chi connectivity index (χ4n) is 6.23. The van der Waals surface area contributed by atoms with Crippen LogP contribution < -0.4 is 18.9 Å². The van der Waals surface area contributed by atoms with E-state index in [4.69, 9.17) is 23.4 Å². The van der Waals surface area contributed by atoms with Crippen LogP contribution in [-0.4, -0.2) is 47.9 Å². The van der Waals surface area contributed by atoms with Crippen molar-refractivity contribution in [2.24, 2.45) is 0 Å². The molecular formula is C32H36O6S2Si. The van der Waals surface area contributed by atoms with Gasteiger partial charge in [0.1, 0.15) is 23.0 Å². The van der Waals surface area contributed by atoms with E-state index in [9.17, 15) is 0 Å². The number of hydrogen-bond donors (Lipinski definition) is 0. The molecule has 1 saturated carbocycles. The topological polar surface area (TPSA) is 63.2 Å². The van der Waals surface area contributed by atoms with Crippen LogP contribution in [0.15, 0.2) is 76.5 Å². The van der Waals surface area contributed by atoms with Crippen molar-refractivity contribution in [2.75, 3.05) is 33.8 Å². The highest BCUT2D eigenvalue weighted by molar-refractivity contribution is 8.21. The Kier molecular flexibility index (Phi) is 8.02. The zero-order valence-corrected chi connectivity index (χ0v) is 27.3. The highest BCUT2D eigenvalue weighted by Crippen LogP contribution is 2.71. The first-order valence-electron chi connectivity index (χ1n) is 13.3. The molecule has 1 heterocycles. The number of carbonyl (C=O) groups excluding carboxylic acids is 1. The maximum atomic E-state index is 15.4. The largest absolute Gasteiger partial charge is 0.497 e. The third kappa shape index (κ3) is 4.49. The number of hydrogen-bond acceptors (Lipinski definition) is 8. The monoisotopic (exact) mass is 608 g/mol. The highest BCUT2D eigenvalue weighted by atomic mass is 32.2. The molecule has 1 fully saturated rings. The van der Waals surface area contributed by atoms with E-state index in [1.807, 2.05) is 61.0 Å². The summed E-state index contributed by atoms with van der Waals surface area (Å²) in [5.74, 6) is 1.69. The molecule has 3 atom stereocenters. The SMILES string of the molecule is COc1ccc([C@@]23Oc4cc(OC)cc(OC)c4[C@]2(O[Si](C)(C)C)C(=O)C(=C(SC)SC)[C@H]3c2ccccc2)cc1. The standard InChI is InChI=1S/C32H36O6S2Si/c1-34-22-16-14-21(15-17-22)31-27(20-12-10-9-11-13-20)26(30(39-4)40-5)29(33)32(31,38-41(6,7)8)28-24(36-3)18-23(35-2)19-25(28)37-31/h9-19,27H,1-8H3/t27-,31+,32+/m1/s1. The molecule has 41 heavy (non-hydrogen) atoms. The van der Waals surface area contributed by atoms with Gasteiger partial charge in [0.05, 0.1) is 32.8 Å². The van der Waals surface area contributed by atoms with Crippen molar-refractivity contribution in [1.82, 2.24) is 0 Å². The summed E-state index contributed by atoms with van der Waals surface area (Å²) in [6.07, 6.45) is 4.02. The molecule has 3 aromatic carbocycles. The minimum atomic E-state index is -2.45. The molecule has 0 N–H and O–H groups in total. The molecular weight excluding hydrogens is 573 g/mol. The van der Waals surface area contributed by atoms with Crippen molar-refractivity contribution in [3.8, 4) is 23.0 Å². The molecule has 0 saturated heterocycles. The number of Topliss-reactive ketones (excluding diaryl/α,β-unsaturated/α-hetero) is 1. The molecule has 6 nitrogen and oxygen atoms in total. The summed E-state index contributed by atoms with van der Waals surface area (Å²) in [5.41, 5.74) is 0.257. The van der Waals surface area contributed by atoms with Gasteiger partial charge in [0.25, 0.3) is 0 Å². The van der Waals surface area contributed by atoms with Gasteiger partial charge in [0.15, 0.2) is 19.5 Å². The molecule has 3 aromatic rings. The van der Waals surface area contributed by atoms with Crippen LogP contribution in [0, 0.1) is 0 Å². The lowest BCUT2D eigenvalue weighted by molar-refractivity contribution is -0.146. The highest BCUT2D eigenvalue weighted by Gasteiger charge is 2.78. The molecule has 2 aliphatic rings. The zero-order chi connectivity index (χ0) is 29.6. The van der Waals surface area contributed by atoms with Gasteiger partial charge in [-0.25, -0.2) is 0 Å².